The van der Waals surface area contributed by atoms with Gasteiger partial charge in [-0.05, 0) is 58.5 Å². The van der Waals surface area contributed by atoms with Crippen LogP contribution in [-0.2, 0) is 4.74 Å². The highest BCUT2D eigenvalue weighted by molar-refractivity contribution is 4.73. The minimum atomic E-state index is -0.685. The summed E-state index contributed by atoms with van der Waals surface area (Å²) in [6, 6.07) is 0. The van der Waals surface area contributed by atoms with E-state index in [0.717, 1.165) is 45.6 Å². The fraction of sp³-hybridized carbons (Fsp3) is 1.00. The van der Waals surface area contributed by atoms with E-state index in [2.05, 4.69) is 11.9 Å². The van der Waals surface area contributed by atoms with E-state index in [0.29, 0.717) is 12.5 Å². The third kappa shape index (κ3) is 6.69. The first-order valence-electron chi connectivity index (χ1n) is 7.22. The zero-order valence-electron chi connectivity index (χ0n) is 12.0. The normalized spacial score (nSPS) is 24.2. The van der Waals surface area contributed by atoms with E-state index in [9.17, 15) is 5.11 Å². The van der Waals surface area contributed by atoms with Gasteiger partial charge in [-0.3, -0.25) is 0 Å². The molecule has 1 aliphatic rings. The van der Waals surface area contributed by atoms with Gasteiger partial charge in [0.15, 0.2) is 0 Å². The van der Waals surface area contributed by atoms with Gasteiger partial charge < -0.3 is 20.5 Å². The molecule has 1 heterocycles. The summed E-state index contributed by atoms with van der Waals surface area (Å²) in [4.78, 5) is 2.39. The molecular formula is C14H30N2O2. The van der Waals surface area contributed by atoms with Crippen molar-refractivity contribution in [3.05, 3.63) is 0 Å². The van der Waals surface area contributed by atoms with E-state index in [4.69, 9.17) is 10.5 Å². The van der Waals surface area contributed by atoms with Crippen LogP contribution in [0.4, 0.5) is 0 Å². The average molecular weight is 258 g/mol. The number of nitrogens with two attached hydrogens (primary N) is 1. The van der Waals surface area contributed by atoms with Crippen molar-refractivity contribution in [1.29, 1.82) is 0 Å². The van der Waals surface area contributed by atoms with Crippen LogP contribution < -0.4 is 5.73 Å². The highest BCUT2D eigenvalue weighted by atomic mass is 16.5. The molecule has 4 nitrogen and oxygen atoms in total. The smallest absolute Gasteiger partial charge is 0.0741 e. The molecule has 1 aliphatic heterocycles. The van der Waals surface area contributed by atoms with Crippen molar-refractivity contribution in [2.24, 2.45) is 11.7 Å². The van der Waals surface area contributed by atoms with Crippen molar-refractivity contribution in [1.82, 2.24) is 4.90 Å². The Hall–Kier alpha value is -0.160. The van der Waals surface area contributed by atoms with Crippen molar-refractivity contribution < 1.29 is 9.84 Å². The number of aliphatic hydroxyl groups is 1. The Labute approximate surface area is 111 Å². The van der Waals surface area contributed by atoms with Gasteiger partial charge in [-0.2, -0.15) is 0 Å². The Balaban J connectivity index is 2.04. The van der Waals surface area contributed by atoms with Crippen molar-refractivity contribution in [3.8, 4) is 0 Å². The first-order valence-corrected chi connectivity index (χ1v) is 7.22. The van der Waals surface area contributed by atoms with Crippen molar-refractivity contribution in [2.45, 2.75) is 44.6 Å². The molecule has 2 atom stereocenters. The molecule has 0 aromatic carbocycles. The SMILES string of the molecule is CN(CCCCC(C)(O)CN)CC1CCCOC1. The second-order valence-corrected chi connectivity index (χ2v) is 6.00. The summed E-state index contributed by atoms with van der Waals surface area (Å²) in [7, 11) is 2.18. The summed E-state index contributed by atoms with van der Waals surface area (Å²) < 4.78 is 5.49. The lowest BCUT2D eigenvalue weighted by Gasteiger charge is -2.27. The van der Waals surface area contributed by atoms with E-state index in [1.165, 1.54) is 12.8 Å². The zero-order valence-corrected chi connectivity index (χ0v) is 12.0. The lowest BCUT2D eigenvalue weighted by molar-refractivity contribution is 0.0405. The Bertz CT molecular complexity index is 216. The van der Waals surface area contributed by atoms with Crippen LogP contribution in [0.5, 0.6) is 0 Å². The molecule has 3 N–H and O–H groups in total. The lowest BCUT2D eigenvalue weighted by Crippen LogP contribution is -2.34. The second-order valence-electron chi connectivity index (χ2n) is 6.00. The van der Waals surface area contributed by atoms with E-state index < -0.39 is 5.60 Å². The quantitative estimate of drug-likeness (QED) is 0.643. The maximum Gasteiger partial charge on any atom is 0.0741 e. The van der Waals surface area contributed by atoms with Gasteiger partial charge in [0.1, 0.15) is 0 Å². The molecule has 0 radical (unpaired) electrons. The van der Waals surface area contributed by atoms with Gasteiger partial charge in [-0.1, -0.05) is 0 Å². The number of unbranched alkanes of at least 4 members (excludes halogenated alkanes) is 1. The van der Waals surface area contributed by atoms with Crippen LogP contribution in [0.25, 0.3) is 0 Å². The van der Waals surface area contributed by atoms with Crippen LogP contribution in [0.15, 0.2) is 0 Å². The molecule has 0 bridgehead atoms. The molecule has 0 aromatic rings. The van der Waals surface area contributed by atoms with Gasteiger partial charge in [0.25, 0.3) is 0 Å². The molecule has 0 aliphatic carbocycles. The average Bonchev–Trinajstić information content (AvgIpc) is 2.36. The molecule has 4 heteroatoms. The lowest BCUT2D eigenvalue weighted by atomic mass is 9.99. The zero-order chi connectivity index (χ0) is 13.4. The largest absolute Gasteiger partial charge is 0.389 e. The fourth-order valence-corrected chi connectivity index (χ4v) is 2.47. The van der Waals surface area contributed by atoms with Crippen LogP contribution in [0.1, 0.15) is 39.0 Å². The predicted molar refractivity (Wildman–Crippen MR) is 74.6 cm³/mol. The van der Waals surface area contributed by atoms with Crippen molar-refractivity contribution in [3.63, 3.8) is 0 Å². The van der Waals surface area contributed by atoms with Gasteiger partial charge in [0.05, 0.1) is 12.2 Å². The summed E-state index contributed by atoms with van der Waals surface area (Å²) >= 11 is 0. The van der Waals surface area contributed by atoms with Crippen LogP contribution in [0.3, 0.4) is 0 Å². The Kier molecular flexibility index (Phi) is 7.15. The molecule has 2 unspecified atom stereocenters. The summed E-state index contributed by atoms with van der Waals surface area (Å²) in [6.45, 7) is 6.25. The molecular weight excluding hydrogens is 228 g/mol. The van der Waals surface area contributed by atoms with Gasteiger partial charge in [-0.15, -0.1) is 0 Å². The monoisotopic (exact) mass is 258 g/mol. The second kappa shape index (κ2) is 8.10. The minimum Gasteiger partial charge on any atom is -0.389 e. The molecule has 0 amide bonds. The standard InChI is InChI=1S/C14H30N2O2/c1-14(17,12-15)7-3-4-8-16(2)10-13-6-5-9-18-11-13/h13,17H,3-12,15H2,1-2H3. The molecule has 1 rings (SSSR count). The van der Waals surface area contributed by atoms with Crippen molar-refractivity contribution >= 4 is 0 Å². The Morgan fingerprint density at radius 2 is 2.22 bits per heavy atom. The molecule has 108 valence electrons. The van der Waals surface area contributed by atoms with E-state index in [-0.39, 0.29) is 0 Å². The summed E-state index contributed by atoms with van der Waals surface area (Å²) in [5.41, 5.74) is 4.81. The van der Waals surface area contributed by atoms with Crippen LogP contribution in [0, 0.1) is 5.92 Å². The van der Waals surface area contributed by atoms with Crippen LogP contribution >= 0.6 is 0 Å². The van der Waals surface area contributed by atoms with Gasteiger partial charge in [-0.25, -0.2) is 0 Å². The number of hydrogen-bond acceptors (Lipinski definition) is 4. The van der Waals surface area contributed by atoms with Gasteiger partial charge in [0.2, 0.25) is 0 Å². The topological polar surface area (TPSA) is 58.7 Å². The van der Waals surface area contributed by atoms with E-state index >= 15 is 0 Å². The Morgan fingerprint density at radius 1 is 1.44 bits per heavy atom. The first-order chi connectivity index (χ1) is 8.53. The Morgan fingerprint density at radius 3 is 2.83 bits per heavy atom. The number of hydrogen-bond donors (Lipinski definition) is 2. The number of nitrogens with zero attached hydrogens (tertiary/aromatic N) is 1. The number of ether oxygens (including phenoxy) is 1. The molecule has 18 heavy (non-hydrogen) atoms. The van der Waals surface area contributed by atoms with Crippen molar-refractivity contribution in [2.75, 3.05) is 39.9 Å². The molecule has 0 aromatic heterocycles. The summed E-state index contributed by atoms with van der Waals surface area (Å²) in [5.74, 6) is 0.705. The van der Waals surface area contributed by atoms with Gasteiger partial charge in [0, 0.05) is 19.7 Å². The maximum atomic E-state index is 9.79. The minimum absolute atomic E-state index is 0.349. The number of rotatable bonds is 8. The highest BCUT2D eigenvalue weighted by Gasteiger charge is 2.18. The van der Waals surface area contributed by atoms with Crippen LogP contribution in [0.2, 0.25) is 0 Å². The van der Waals surface area contributed by atoms with E-state index in [1.807, 2.05) is 6.92 Å². The fourth-order valence-electron chi connectivity index (χ4n) is 2.47. The summed E-state index contributed by atoms with van der Waals surface area (Å²) in [5, 5.41) is 9.79. The summed E-state index contributed by atoms with van der Waals surface area (Å²) in [6.07, 6.45) is 5.46. The first kappa shape index (κ1) is 15.9. The highest BCUT2D eigenvalue weighted by Crippen LogP contribution is 2.15. The third-order valence-corrected chi connectivity index (χ3v) is 3.77. The van der Waals surface area contributed by atoms with Crippen LogP contribution in [-0.4, -0.2) is 55.5 Å². The molecule has 0 spiro atoms. The molecule has 1 saturated heterocycles. The molecule has 1 fully saturated rings. The van der Waals surface area contributed by atoms with E-state index in [1.54, 1.807) is 0 Å². The maximum absolute atomic E-state index is 9.79. The molecule has 0 saturated carbocycles. The predicted octanol–water partition coefficient (Wildman–Crippen LogP) is 1.22. The third-order valence-electron chi connectivity index (χ3n) is 3.77. The van der Waals surface area contributed by atoms with Gasteiger partial charge >= 0.3 is 0 Å².